The maximum Gasteiger partial charge on any atom is 0.193 e. The summed E-state index contributed by atoms with van der Waals surface area (Å²) in [6.45, 7) is 0.366. The molecule has 0 aliphatic heterocycles. The van der Waals surface area contributed by atoms with Crippen molar-refractivity contribution in [2.24, 2.45) is 0 Å². The highest BCUT2D eigenvalue weighted by molar-refractivity contribution is 5.86. The van der Waals surface area contributed by atoms with Gasteiger partial charge in [0.1, 0.15) is 5.82 Å². The average molecular weight is 357 g/mol. The van der Waals surface area contributed by atoms with Crippen molar-refractivity contribution in [3.63, 3.8) is 0 Å². The molecule has 0 saturated heterocycles. The van der Waals surface area contributed by atoms with Crippen LogP contribution in [0.2, 0.25) is 0 Å². The number of aromatic nitrogens is 2. The van der Waals surface area contributed by atoms with E-state index in [4.69, 9.17) is 4.74 Å². The van der Waals surface area contributed by atoms with Crippen LogP contribution < -0.4 is 10.7 Å². The van der Waals surface area contributed by atoms with E-state index in [1.54, 1.807) is 25.6 Å². The summed E-state index contributed by atoms with van der Waals surface area (Å²) >= 11 is 0. The molecule has 4 rings (SSSR count). The van der Waals surface area contributed by atoms with Crippen LogP contribution in [0.1, 0.15) is 5.56 Å². The van der Waals surface area contributed by atoms with Gasteiger partial charge in [-0.1, -0.05) is 36.4 Å². The Kier molecular flexibility index (Phi) is 4.68. The molecule has 2 aromatic heterocycles. The normalized spacial score (nSPS) is 10.9. The van der Waals surface area contributed by atoms with E-state index < -0.39 is 0 Å². The van der Waals surface area contributed by atoms with Crippen molar-refractivity contribution in [3.8, 4) is 5.69 Å². The van der Waals surface area contributed by atoms with Gasteiger partial charge in [-0.2, -0.15) is 0 Å². The lowest BCUT2D eigenvalue weighted by atomic mass is 10.1. The van der Waals surface area contributed by atoms with Crippen molar-refractivity contribution in [1.29, 1.82) is 0 Å². The molecule has 5 heteroatoms. The molecular formula is C22H19N3O2. The highest BCUT2D eigenvalue weighted by Gasteiger charge is 2.15. The Balaban J connectivity index is 2.05. The van der Waals surface area contributed by atoms with Crippen LogP contribution in [0.5, 0.6) is 0 Å². The molecular weight excluding hydrogens is 338 g/mol. The number of nitrogens with one attached hydrogen (secondary N) is 1. The first kappa shape index (κ1) is 17.0. The molecule has 0 atom stereocenters. The minimum Gasteiger partial charge on any atom is -0.380 e. The number of para-hydroxylation sites is 2. The van der Waals surface area contributed by atoms with Gasteiger partial charge in [0.05, 0.1) is 17.5 Å². The number of nitrogens with zero attached hydrogens (tertiary/aromatic N) is 2. The van der Waals surface area contributed by atoms with Crippen molar-refractivity contribution in [3.05, 3.63) is 94.9 Å². The summed E-state index contributed by atoms with van der Waals surface area (Å²) in [7, 11) is 1.63. The van der Waals surface area contributed by atoms with Gasteiger partial charge >= 0.3 is 0 Å². The van der Waals surface area contributed by atoms with E-state index in [1.165, 1.54) is 0 Å². The monoisotopic (exact) mass is 357 g/mol. The molecule has 0 radical (unpaired) electrons. The molecule has 134 valence electrons. The Hall–Kier alpha value is -3.44. The lowest BCUT2D eigenvalue weighted by Crippen LogP contribution is -2.14. The summed E-state index contributed by atoms with van der Waals surface area (Å²) in [5.41, 5.74) is 3.42. The number of rotatable bonds is 5. The largest absolute Gasteiger partial charge is 0.380 e. The average Bonchev–Trinajstić information content (AvgIpc) is 2.70. The number of benzene rings is 2. The minimum atomic E-state index is -0.0823. The Morgan fingerprint density at radius 3 is 2.41 bits per heavy atom. The Morgan fingerprint density at radius 1 is 1.00 bits per heavy atom. The molecule has 27 heavy (non-hydrogen) atoms. The lowest BCUT2D eigenvalue weighted by molar-refractivity contribution is 0.185. The number of hydrogen-bond acceptors (Lipinski definition) is 4. The smallest absolute Gasteiger partial charge is 0.193 e. The third-order valence-electron chi connectivity index (χ3n) is 4.35. The van der Waals surface area contributed by atoms with Crippen molar-refractivity contribution >= 4 is 22.4 Å². The van der Waals surface area contributed by atoms with Crippen LogP contribution in [0.4, 0.5) is 11.5 Å². The number of anilines is 2. The molecule has 0 spiro atoms. The molecule has 1 N–H and O–H groups in total. The first-order chi connectivity index (χ1) is 13.3. The zero-order valence-corrected chi connectivity index (χ0v) is 14.9. The van der Waals surface area contributed by atoms with Crippen LogP contribution in [0.25, 0.3) is 16.6 Å². The van der Waals surface area contributed by atoms with Crippen molar-refractivity contribution in [1.82, 2.24) is 9.55 Å². The molecule has 2 aromatic carbocycles. The van der Waals surface area contributed by atoms with Gasteiger partial charge in [-0.15, -0.1) is 0 Å². The third-order valence-corrected chi connectivity index (χ3v) is 4.35. The van der Waals surface area contributed by atoms with Crippen molar-refractivity contribution in [2.45, 2.75) is 6.61 Å². The summed E-state index contributed by atoms with van der Waals surface area (Å²) in [6, 6.07) is 21.3. The number of fused-ring (bicyclic) bond motifs is 1. The van der Waals surface area contributed by atoms with E-state index in [2.05, 4.69) is 10.3 Å². The Bertz CT molecular complexity index is 1120. The zero-order chi connectivity index (χ0) is 18.6. The molecule has 0 fully saturated rings. The van der Waals surface area contributed by atoms with Crippen molar-refractivity contribution in [2.75, 3.05) is 12.4 Å². The second-order valence-electron chi connectivity index (χ2n) is 6.18. The van der Waals surface area contributed by atoms with E-state index in [0.717, 1.165) is 22.5 Å². The van der Waals surface area contributed by atoms with Gasteiger partial charge in [0, 0.05) is 42.5 Å². The fourth-order valence-electron chi connectivity index (χ4n) is 3.20. The molecule has 0 bridgehead atoms. The summed E-state index contributed by atoms with van der Waals surface area (Å²) in [4.78, 5) is 17.0. The fourth-order valence-corrected chi connectivity index (χ4v) is 3.20. The minimum absolute atomic E-state index is 0.0823. The summed E-state index contributed by atoms with van der Waals surface area (Å²) in [6.07, 6.45) is 3.36. The van der Waals surface area contributed by atoms with Crippen LogP contribution >= 0.6 is 0 Å². The van der Waals surface area contributed by atoms with E-state index in [0.29, 0.717) is 17.8 Å². The third kappa shape index (κ3) is 3.32. The molecule has 2 heterocycles. The second-order valence-corrected chi connectivity index (χ2v) is 6.18. The Morgan fingerprint density at radius 2 is 1.70 bits per heavy atom. The van der Waals surface area contributed by atoms with Crippen molar-refractivity contribution < 1.29 is 4.74 Å². The molecule has 0 saturated carbocycles. The van der Waals surface area contributed by atoms with Crippen LogP contribution in [-0.4, -0.2) is 16.7 Å². The van der Waals surface area contributed by atoms with Gasteiger partial charge in [-0.3, -0.25) is 14.3 Å². The van der Waals surface area contributed by atoms with E-state index in [-0.39, 0.29) is 5.43 Å². The summed E-state index contributed by atoms with van der Waals surface area (Å²) in [5.74, 6) is 0.688. The van der Waals surface area contributed by atoms with Crippen LogP contribution in [0.15, 0.2) is 83.9 Å². The van der Waals surface area contributed by atoms with Gasteiger partial charge in [-0.05, 0) is 24.3 Å². The summed E-state index contributed by atoms with van der Waals surface area (Å²) in [5, 5.41) is 3.94. The van der Waals surface area contributed by atoms with Crippen LogP contribution in [0, 0.1) is 0 Å². The number of pyridine rings is 2. The van der Waals surface area contributed by atoms with E-state index in [1.807, 2.05) is 65.2 Å². The van der Waals surface area contributed by atoms with Crippen LogP contribution in [0.3, 0.4) is 0 Å². The van der Waals surface area contributed by atoms with E-state index in [9.17, 15) is 4.79 Å². The predicted octanol–water partition coefficient (Wildman–Crippen LogP) is 4.28. The Labute approximate surface area is 156 Å². The highest BCUT2D eigenvalue weighted by Crippen LogP contribution is 2.27. The number of ether oxygens (including phenoxy) is 1. The van der Waals surface area contributed by atoms with Gasteiger partial charge in [0.15, 0.2) is 5.43 Å². The molecule has 0 unspecified atom stereocenters. The number of methoxy groups -OCH3 is 1. The molecule has 0 amide bonds. The lowest BCUT2D eigenvalue weighted by Gasteiger charge is -2.20. The molecule has 0 aliphatic rings. The van der Waals surface area contributed by atoms with E-state index >= 15 is 0 Å². The topological polar surface area (TPSA) is 56.1 Å². The predicted molar refractivity (Wildman–Crippen MR) is 108 cm³/mol. The van der Waals surface area contributed by atoms with Gasteiger partial charge < -0.3 is 10.1 Å². The standard InChI is InChI=1S/C22H19N3O2/c1-27-15-16-13-23-14-19-20(26)12-21(24-17-8-4-2-5-9-17)25(22(16)19)18-10-6-3-7-11-18/h2-14,24H,15H2,1H3. The first-order valence-corrected chi connectivity index (χ1v) is 8.67. The van der Waals surface area contributed by atoms with Gasteiger partial charge in [-0.25, -0.2) is 0 Å². The maximum absolute atomic E-state index is 12.8. The molecule has 5 nitrogen and oxygen atoms in total. The highest BCUT2D eigenvalue weighted by atomic mass is 16.5. The summed E-state index contributed by atoms with van der Waals surface area (Å²) < 4.78 is 7.39. The zero-order valence-electron chi connectivity index (χ0n) is 14.9. The second kappa shape index (κ2) is 7.43. The fraction of sp³-hybridized carbons (Fsp3) is 0.0909. The molecule has 4 aromatic rings. The number of hydrogen-bond donors (Lipinski definition) is 1. The first-order valence-electron chi connectivity index (χ1n) is 8.67. The molecule has 0 aliphatic carbocycles. The van der Waals surface area contributed by atoms with Crippen LogP contribution in [-0.2, 0) is 11.3 Å². The maximum atomic E-state index is 12.8. The van der Waals surface area contributed by atoms with Gasteiger partial charge in [0.25, 0.3) is 0 Å². The van der Waals surface area contributed by atoms with Gasteiger partial charge in [0.2, 0.25) is 0 Å². The SMILES string of the molecule is COCc1cncc2c(=O)cc(Nc3ccccc3)n(-c3ccccc3)c12. The quantitative estimate of drug-likeness (QED) is 0.579.